The molecule has 1 aromatic carbocycles. The van der Waals surface area contributed by atoms with E-state index in [9.17, 15) is 0 Å². The first kappa shape index (κ1) is 11.2. The zero-order valence-corrected chi connectivity index (χ0v) is 11.3. The van der Waals surface area contributed by atoms with Gasteiger partial charge in [0.15, 0.2) is 11.5 Å². The van der Waals surface area contributed by atoms with Crippen LogP contribution in [-0.2, 0) is 0 Å². The van der Waals surface area contributed by atoms with Gasteiger partial charge >= 0.3 is 0 Å². The molecule has 0 spiro atoms. The molecule has 0 unspecified atom stereocenters. The molecule has 5 heteroatoms. The summed E-state index contributed by atoms with van der Waals surface area (Å²) in [5.41, 5.74) is 9.60. The number of hydrogen-bond acceptors (Lipinski definition) is 3. The summed E-state index contributed by atoms with van der Waals surface area (Å²) in [4.78, 5) is 0. The maximum atomic E-state index is 6.11. The lowest BCUT2D eigenvalue weighted by Crippen LogP contribution is -1.97. The molecule has 90 valence electrons. The topological polar surface area (TPSA) is 56.2 Å². The Morgan fingerprint density at radius 1 is 1.17 bits per heavy atom. The smallest absolute Gasteiger partial charge is 0.170 e. The summed E-state index contributed by atoms with van der Waals surface area (Å²) in [6, 6.07) is 9.76. The minimum atomic E-state index is 0.742. The van der Waals surface area contributed by atoms with Gasteiger partial charge in [-0.15, -0.1) is 10.2 Å². The van der Waals surface area contributed by atoms with E-state index in [1.54, 1.807) is 0 Å². The van der Waals surface area contributed by atoms with Crippen LogP contribution >= 0.6 is 15.9 Å². The maximum absolute atomic E-state index is 6.11. The van der Waals surface area contributed by atoms with Gasteiger partial charge in [0.05, 0.1) is 0 Å². The molecule has 2 N–H and O–H groups in total. The van der Waals surface area contributed by atoms with Crippen molar-refractivity contribution in [3.8, 4) is 11.4 Å². The first-order chi connectivity index (χ1) is 8.66. The molecule has 0 aliphatic rings. The van der Waals surface area contributed by atoms with E-state index in [4.69, 9.17) is 5.73 Å². The number of pyridine rings is 1. The zero-order valence-electron chi connectivity index (χ0n) is 9.76. The van der Waals surface area contributed by atoms with Gasteiger partial charge in [0, 0.05) is 21.9 Å². The van der Waals surface area contributed by atoms with Gasteiger partial charge in [-0.1, -0.05) is 12.1 Å². The molecule has 0 bridgehead atoms. The second-order valence-electron chi connectivity index (χ2n) is 4.14. The molecule has 3 aromatic rings. The van der Waals surface area contributed by atoms with Crippen molar-refractivity contribution in [2.45, 2.75) is 6.92 Å². The number of anilines is 1. The first-order valence-electron chi connectivity index (χ1n) is 5.52. The minimum Gasteiger partial charge on any atom is -0.398 e. The Morgan fingerprint density at radius 2 is 2.00 bits per heavy atom. The van der Waals surface area contributed by atoms with Crippen molar-refractivity contribution in [1.82, 2.24) is 14.6 Å². The van der Waals surface area contributed by atoms with E-state index < -0.39 is 0 Å². The SMILES string of the molecule is Cc1cccc(-c2nnc3ccc(Br)cn23)c1N. The fourth-order valence-electron chi connectivity index (χ4n) is 1.92. The van der Waals surface area contributed by atoms with Gasteiger partial charge in [-0.3, -0.25) is 4.40 Å². The Morgan fingerprint density at radius 3 is 2.83 bits per heavy atom. The second kappa shape index (κ2) is 4.10. The Balaban J connectivity index is 2.32. The van der Waals surface area contributed by atoms with Crippen LogP contribution in [0.3, 0.4) is 0 Å². The fourth-order valence-corrected chi connectivity index (χ4v) is 2.26. The summed E-state index contributed by atoms with van der Waals surface area (Å²) >= 11 is 3.45. The normalized spacial score (nSPS) is 11.0. The van der Waals surface area contributed by atoms with Crippen molar-refractivity contribution in [2.24, 2.45) is 0 Å². The van der Waals surface area contributed by atoms with Gasteiger partial charge in [0.2, 0.25) is 0 Å². The van der Waals surface area contributed by atoms with Crippen molar-refractivity contribution in [3.63, 3.8) is 0 Å². The molecular weight excluding hydrogens is 292 g/mol. The molecule has 0 fully saturated rings. The number of aryl methyl sites for hydroxylation is 1. The molecule has 18 heavy (non-hydrogen) atoms. The number of nitrogens with two attached hydrogens (primary N) is 1. The van der Waals surface area contributed by atoms with E-state index in [2.05, 4.69) is 26.1 Å². The lowest BCUT2D eigenvalue weighted by Gasteiger charge is -2.06. The summed E-state index contributed by atoms with van der Waals surface area (Å²) in [6.07, 6.45) is 1.94. The summed E-state index contributed by atoms with van der Waals surface area (Å²) in [5.74, 6) is 0.757. The standard InChI is InChI=1S/C13H11BrN4/c1-8-3-2-4-10(12(8)15)13-17-16-11-6-5-9(14)7-18(11)13/h2-7H,15H2,1H3. The summed E-state index contributed by atoms with van der Waals surface area (Å²) in [7, 11) is 0. The molecule has 2 aromatic heterocycles. The van der Waals surface area contributed by atoms with Gasteiger partial charge in [-0.2, -0.15) is 0 Å². The van der Waals surface area contributed by atoms with E-state index in [0.29, 0.717) is 0 Å². The van der Waals surface area contributed by atoms with E-state index >= 15 is 0 Å². The highest BCUT2D eigenvalue weighted by Gasteiger charge is 2.11. The number of nitrogen functional groups attached to an aromatic ring is 1. The third kappa shape index (κ3) is 1.67. The number of fused-ring (bicyclic) bond motifs is 1. The lowest BCUT2D eigenvalue weighted by atomic mass is 10.1. The highest BCUT2D eigenvalue weighted by Crippen LogP contribution is 2.27. The lowest BCUT2D eigenvalue weighted by molar-refractivity contribution is 1.11. The monoisotopic (exact) mass is 302 g/mol. The highest BCUT2D eigenvalue weighted by molar-refractivity contribution is 9.10. The molecule has 0 saturated carbocycles. The summed E-state index contributed by atoms with van der Waals surface area (Å²) in [6.45, 7) is 1.98. The largest absolute Gasteiger partial charge is 0.398 e. The predicted octanol–water partition coefficient (Wildman–Crippen LogP) is 3.05. The Bertz CT molecular complexity index is 733. The number of rotatable bonds is 1. The molecule has 0 radical (unpaired) electrons. The van der Waals surface area contributed by atoms with Gasteiger partial charge < -0.3 is 5.73 Å². The molecule has 0 saturated heterocycles. The van der Waals surface area contributed by atoms with Crippen LogP contribution in [0, 0.1) is 6.92 Å². The van der Waals surface area contributed by atoms with Crippen LogP contribution in [0.5, 0.6) is 0 Å². The van der Waals surface area contributed by atoms with Crippen LogP contribution < -0.4 is 5.73 Å². The number of nitrogens with zero attached hydrogens (tertiary/aromatic N) is 3. The second-order valence-corrected chi connectivity index (χ2v) is 5.05. The molecule has 0 aliphatic heterocycles. The van der Waals surface area contributed by atoms with E-state index in [1.807, 2.05) is 47.9 Å². The number of para-hydroxylation sites is 1. The predicted molar refractivity (Wildman–Crippen MR) is 75.3 cm³/mol. The summed E-state index contributed by atoms with van der Waals surface area (Å²) in [5, 5.41) is 8.36. The van der Waals surface area contributed by atoms with Crippen LogP contribution in [0.2, 0.25) is 0 Å². The van der Waals surface area contributed by atoms with E-state index in [1.165, 1.54) is 0 Å². The van der Waals surface area contributed by atoms with E-state index in [0.717, 1.165) is 32.8 Å². The van der Waals surface area contributed by atoms with Crippen molar-refractivity contribution in [3.05, 3.63) is 46.6 Å². The van der Waals surface area contributed by atoms with E-state index in [-0.39, 0.29) is 0 Å². The molecule has 3 rings (SSSR count). The average molecular weight is 303 g/mol. The van der Waals surface area contributed by atoms with Gasteiger partial charge in [0.25, 0.3) is 0 Å². The molecule has 4 nitrogen and oxygen atoms in total. The Kier molecular flexibility index (Phi) is 2.56. The van der Waals surface area contributed by atoms with Gasteiger partial charge in [-0.05, 0) is 46.6 Å². The third-order valence-corrected chi connectivity index (χ3v) is 3.40. The van der Waals surface area contributed by atoms with Crippen LogP contribution in [0.25, 0.3) is 17.0 Å². The Hall–Kier alpha value is -1.88. The molecule has 0 atom stereocenters. The Labute approximate surface area is 113 Å². The summed E-state index contributed by atoms with van der Waals surface area (Å²) < 4.78 is 2.90. The van der Waals surface area contributed by atoms with Crippen molar-refractivity contribution in [2.75, 3.05) is 5.73 Å². The van der Waals surface area contributed by atoms with Crippen molar-refractivity contribution >= 4 is 27.3 Å². The molecule has 0 aliphatic carbocycles. The number of benzene rings is 1. The average Bonchev–Trinajstić information content (AvgIpc) is 2.75. The quantitative estimate of drug-likeness (QED) is 0.703. The van der Waals surface area contributed by atoms with Crippen LogP contribution in [-0.4, -0.2) is 14.6 Å². The maximum Gasteiger partial charge on any atom is 0.170 e. The molecule has 0 amide bonds. The van der Waals surface area contributed by atoms with Crippen LogP contribution in [0.15, 0.2) is 41.0 Å². The minimum absolute atomic E-state index is 0.742. The fraction of sp³-hybridized carbons (Fsp3) is 0.0769. The van der Waals surface area contributed by atoms with Crippen molar-refractivity contribution in [1.29, 1.82) is 0 Å². The molecular formula is C13H11BrN4. The number of halogens is 1. The molecule has 2 heterocycles. The third-order valence-electron chi connectivity index (χ3n) is 2.93. The zero-order chi connectivity index (χ0) is 12.7. The van der Waals surface area contributed by atoms with Gasteiger partial charge in [0.1, 0.15) is 0 Å². The highest BCUT2D eigenvalue weighted by atomic mass is 79.9. The van der Waals surface area contributed by atoms with Gasteiger partial charge in [-0.25, -0.2) is 0 Å². The van der Waals surface area contributed by atoms with Crippen molar-refractivity contribution < 1.29 is 0 Å². The first-order valence-corrected chi connectivity index (χ1v) is 6.32. The number of aromatic nitrogens is 3. The van der Waals surface area contributed by atoms with Crippen LogP contribution in [0.1, 0.15) is 5.56 Å². The van der Waals surface area contributed by atoms with Crippen LogP contribution in [0.4, 0.5) is 5.69 Å². The number of hydrogen-bond donors (Lipinski definition) is 1.